The molecule has 0 fully saturated rings. The largest absolute Gasteiger partial charge is 0.489 e. The Bertz CT molecular complexity index is 678. The molecule has 0 saturated heterocycles. The van der Waals surface area contributed by atoms with Gasteiger partial charge in [-0.15, -0.1) is 0 Å². The second-order valence-corrected chi connectivity index (χ2v) is 5.33. The molecule has 0 unspecified atom stereocenters. The molecular weight excluding hydrogens is 272 g/mol. The Kier molecular flexibility index (Phi) is 4.88. The minimum Gasteiger partial charge on any atom is -0.489 e. The van der Waals surface area contributed by atoms with E-state index in [1.165, 1.54) is 11.1 Å². The van der Waals surface area contributed by atoms with E-state index in [0.717, 1.165) is 25.1 Å². The minimum atomic E-state index is 0.610. The van der Waals surface area contributed by atoms with Crippen LogP contribution in [0.1, 0.15) is 17.5 Å². The highest BCUT2D eigenvalue weighted by Gasteiger charge is 1.99. The molecule has 0 aliphatic rings. The van der Waals surface area contributed by atoms with Gasteiger partial charge in [-0.3, -0.25) is 0 Å². The standard InChI is InChI=1S/C19H20N2O/c1-2-6-18(7-3-1)15-22-19-10-4-8-17(14-19)9-5-12-21-13-11-20-16-21/h1-4,6-8,10-11,13-14,16H,5,9,12,15H2. The zero-order valence-corrected chi connectivity index (χ0v) is 12.6. The van der Waals surface area contributed by atoms with Crippen molar-refractivity contribution in [2.45, 2.75) is 26.0 Å². The van der Waals surface area contributed by atoms with Crippen LogP contribution in [0.4, 0.5) is 0 Å². The molecule has 0 radical (unpaired) electrons. The highest BCUT2D eigenvalue weighted by Crippen LogP contribution is 2.16. The number of hydrogen-bond acceptors (Lipinski definition) is 2. The third-order valence-electron chi connectivity index (χ3n) is 3.59. The lowest BCUT2D eigenvalue weighted by Gasteiger charge is -2.08. The Morgan fingerprint density at radius 1 is 0.955 bits per heavy atom. The Labute approximate surface area is 131 Å². The predicted octanol–water partition coefficient (Wildman–Crippen LogP) is 4.09. The quantitative estimate of drug-likeness (QED) is 0.655. The topological polar surface area (TPSA) is 27.1 Å². The van der Waals surface area contributed by atoms with Gasteiger partial charge in [-0.25, -0.2) is 4.98 Å². The first-order chi connectivity index (χ1) is 10.9. The van der Waals surface area contributed by atoms with E-state index in [-0.39, 0.29) is 0 Å². The van der Waals surface area contributed by atoms with Crippen LogP contribution in [0.15, 0.2) is 73.3 Å². The Balaban J connectivity index is 1.51. The van der Waals surface area contributed by atoms with Gasteiger partial charge in [0.2, 0.25) is 0 Å². The molecule has 1 heterocycles. The van der Waals surface area contributed by atoms with Gasteiger partial charge in [0, 0.05) is 18.9 Å². The molecule has 1 aromatic heterocycles. The van der Waals surface area contributed by atoms with Gasteiger partial charge in [-0.05, 0) is 36.1 Å². The summed E-state index contributed by atoms with van der Waals surface area (Å²) in [7, 11) is 0. The summed E-state index contributed by atoms with van der Waals surface area (Å²) >= 11 is 0. The van der Waals surface area contributed by atoms with Crippen LogP contribution < -0.4 is 4.74 Å². The van der Waals surface area contributed by atoms with Gasteiger partial charge in [-0.2, -0.15) is 0 Å². The maximum atomic E-state index is 5.87. The fraction of sp³-hybridized carbons (Fsp3) is 0.211. The molecule has 3 rings (SSSR count). The minimum absolute atomic E-state index is 0.610. The summed E-state index contributed by atoms with van der Waals surface area (Å²) in [5.41, 5.74) is 2.50. The zero-order valence-electron chi connectivity index (χ0n) is 12.6. The molecule has 112 valence electrons. The van der Waals surface area contributed by atoms with Crippen molar-refractivity contribution in [3.63, 3.8) is 0 Å². The van der Waals surface area contributed by atoms with Gasteiger partial charge in [0.1, 0.15) is 12.4 Å². The first kappa shape index (κ1) is 14.4. The average molecular weight is 292 g/mol. The second kappa shape index (κ2) is 7.46. The van der Waals surface area contributed by atoms with Crippen LogP contribution in [0.2, 0.25) is 0 Å². The van der Waals surface area contributed by atoms with Crippen LogP contribution in [-0.2, 0) is 19.6 Å². The fourth-order valence-corrected chi connectivity index (χ4v) is 2.42. The van der Waals surface area contributed by atoms with E-state index in [1.54, 1.807) is 0 Å². The van der Waals surface area contributed by atoms with Gasteiger partial charge in [-0.1, -0.05) is 42.5 Å². The molecule has 0 spiro atoms. The lowest BCUT2D eigenvalue weighted by atomic mass is 10.1. The SMILES string of the molecule is c1ccc(COc2cccc(CCCn3ccnc3)c2)cc1. The third-order valence-corrected chi connectivity index (χ3v) is 3.59. The number of benzene rings is 2. The molecule has 3 aromatic rings. The summed E-state index contributed by atoms with van der Waals surface area (Å²) in [6.45, 7) is 1.61. The Morgan fingerprint density at radius 3 is 2.64 bits per heavy atom. The number of hydrogen-bond donors (Lipinski definition) is 0. The summed E-state index contributed by atoms with van der Waals surface area (Å²) < 4.78 is 7.98. The summed E-state index contributed by atoms with van der Waals surface area (Å²) in [6.07, 6.45) is 7.82. The monoisotopic (exact) mass is 292 g/mol. The van der Waals surface area contributed by atoms with Crippen LogP contribution in [0.25, 0.3) is 0 Å². The number of aryl methyl sites for hydroxylation is 2. The third kappa shape index (κ3) is 4.22. The first-order valence-corrected chi connectivity index (χ1v) is 7.61. The summed E-state index contributed by atoms with van der Waals surface area (Å²) in [6, 6.07) is 18.6. The number of imidazole rings is 1. The zero-order chi connectivity index (χ0) is 15.0. The van der Waals surface area contributed by atoms with Gasteiger partial charge >= 0.3 is 0 Å². The van der Waals surface area contributed by atoms with E-state index in [2.05, 4.69) is 39.9 Å². The second-order valence-electron chi connectivity index (χ2n) is 5.33. The first-order valence-electron chi connectivity index (χ1n) is 7.61. The van der Waals surface area contributed by atoms with Crippen LogP contribution in [0, 0.1) is 0 Å². The van der Waals surface area contributed by atoms with Crippen LogP contribution in [0.3, 0.4) is 0 Å². The predicted molar refractivity (Wildman–Crippen MR) is 87.8 cm³/mol. The molecule has 0 N–H and O–H groups in total. The molecule has 2 aromatic carbocycles. The van der Waals surface area contributed by atoms with E-state index >= 15 is 0 Å². The van der Waals surface area contributed by atoms with Crippen molar-refractivity contribution in [2.24, 2.45) is 0 Å². The van der Waals surface area contributed by atoms with Gasteiger partial charge < -0.3 is 9.30 Å². The van der Waals surface area contributed by atoms with E-state index in [4.69, 9.17) is 4.74 Å². The van der Waals surface area contributed by atoms with Crippen LogP contribution in [-0.4, -0.2) is 9.55 Å². The number of rotatable bonds is 7. The van der Waals surface area contributed by atoms with Crippen molar-refractivity contribution in [1.29, 1.82) is 0 Å². The highest BCUT2D eigenvalue weighted by molar-refractivity contribution is 5.29. The molecule has 3 heteroatoms. The molecule has 3 nitrogen and oxygen atoms in total. The average Bonchev–Trinajstić information content (AvgIpc) is 3.08. The molecule has 22 heavy (non-hydrogen) atoms. The smallest absolute Gasteiger partial charge is 0.120 e. The van der Waals surface area contributed by atoms with Crippen molar-refractivity contribution in [2.75, 3.05) is 0 Å². The maximum Gasteiger partial charge on any atom is 0.120 e. The van der Waals surface area contributed by atoms with Crippen molar-refractivity contribution in [3.8, 4) is 5.75 Å². The van der Waals surface area contributed by atoms with Gasteiger partial charge in [0.25, 0.3) is 0 Å². The normalized spacial score (nSPS) is 10.5. The Hall–Kier alpha value is -2.55. The summed E-state index contributed by atoms with van der Waals surface area (Å²) in [5, 5.41) is 0. The number of aromatic nitrogens is 2. The van der Waals surface area contributed by atoms with Crippen molar-refractivity contribution < 1.29 is 4.74 Å². The van der Waals surface area contributed by atoms with E-state index in [1.807, 2.05) is 43.0 Å². The van der Waals surface area contributed by atoms with Gasteiger partial charge in [0.05, 0.1) is 6.33 Å². The number of nitrogens with zero attached hydrogens (tertiary/aromatic N) is 2. The molecular formula is C19H20N2O. The fourth-order valence-electron chi connectivity index (χ4n) is 2.42. The Morgan fingerprint density at radius 2 is 1.82 bits per heavy atom. The molecule has 0 amide bonds. The van der Waals surface area contributed by atoms with E-state index < -0.39 is 0 Å². The van der Waals surface area contributed by atoms with Gasteiger partial charge in [0.15, 0.2) is 0 Å². The van der Waals surface area contributed by atoms with Crippen molar-refractivity contribution >= 4 is 0 Å². The van der Waals surface area contributed by atoms with Crippen LogP contribution >= 0.6 is 0 Å². The lowest BCUT2D eigenvalue weighted by Crippen LogP contribution is -1.98. The van der Waals surface area contributed by atoms with Crippen molar-refractivity contribution in [1.82, 2.24) is 9.55 Å². The lowest BCUT2D eigenvalue weighted by molar-refractivity contribution is 0.306. The molecule has 0 aliphatic carbocycles. The number of ether oxygens (including phenoxy) is 1. The molecule has 0 aliphatic heterocycles. The van der Waals surface area contributed by atoms with E-state index in [9.17, 15) is 0 Å². The maximum absolute atomic E-state index is 5.87. The highest BCUT2D eigenvalue weighted by atomic mass is 16.5. The summed E-state index contributed by atoms with van der Waals surface area (Å²) in [5.74, 6) is 0.934. The summed E-state index contributed by atoms with van der Waals surface area (Å²) in [4.78, 5) is 4.06. The molecule has 0 bridgehead atoms. The molecule has 0 saturated carbocycles. The van der Waals surface area contributed by atoms with Crippen molar-refractivity contribution in [3.05, 3.63) is 84.4 Å². The van der Waals surface area contributed by atoms with Crippen LogP contribution in [0.5, 0.6) is 5.75 Å². The van der Waals surface area contributed by atoms with E-state index in [0.29, 0.717) is 6.61 Å². The molecule has 0 atom stereocenters.